The van der Waals surface area contributed by atoms with Crippen molar-refractivity contribution in [2.24, 2.45) is 0 Å². The van der Waals surface area contributed by atoms with E-state index in [4.69, 9.17) is 9.84 Å². The van der Waals surface area contributed by atoms with Crippen LogP contribution in [0.2, 0.25) is 0 Å². The summed E-state index contributed by atoms with van der Waals surface area (Å²) < 4.78 is 5.62. The molecule has 0 aromatic carbocycles. The fourth-order valence-corrected chi connectivity index (χ4v) is 1.81. The normalized spacial score (nSPS) is 12.6. The van der Waals surface area contributed by atoms with Gasteiger partial charge in [-0.25, -0.2) is 0 Å². The van der Waals surface area contributed by atoms with Gasteiger partial charge in [0.05, 0.1) is 12.5 Å². The Bertz CT molecular complexity index is 180. The number of ether oxygens (including phenoxy) is 1. The first-order valence-electron chi connectivity index (χ1n) is 7.04. The molecule has 0 aromatic rings. The Labute approximate surface area is 106 Å². The Balaban J connectivity index is 3.65. The molecule has 102 valence electrons. The van der Waals surface area contributed by atoms with Crippen molar-refractivity contribution in [3.8, 4) is 0 Å². The second-order valence-electron chi connectivity index (χ2n) is 4.65. The van der Waals surface area contributed by atoms with Crippen LogP contribution in [-0.4, -0.2) is 23.8 Å². The minimum atomic E-state index is -0.750. The van der Waals surface area contributed by atoms with Gasteiger partial charge in [0.25, 0.3) is 0 Å². The zero-order valence-corrected chi connectivity index (χ0v) is 11.4. The minimum absolute atomic E-state index is 0.0827. The first kappa shape index (κ1) is 16.4. The van der Waals surface area contributed by atoms with Gasteiger partial charge in [0, 0.05) is 6.61 Å². The average Bonchev–Trinajstić information content (AvgIpc) is 2.28. The summed E-state index contributed by atoms with van der Waals surface area (Å²) in [7, 11) is 0. The molecule has 0 rings (SSSR count). The van der Waals surface area contributed by atoms with Crippen molar-refractivity contribution in [1.82, 2.24) is 0 Å². The van der Waals surface area contributed by atoms with Crippen LogP contribution in [-0.2, 0) is 9.53 Å². The Morgan fingerprint density at radius 2 is 1.71 bits per heavy atom. The topological polar surface area (TPSA) is 46.5 Å². The van der Waals surface area contributed by atoms with Gasteiger partial charge in [-0.1, -0.05) is 52.4 Å². The van der Waals surface area contributed by atoms with Crippen LogP contribution in [0.3, 0.4) is 0 Å². The maximum Gasteiger partial charge on any atom is 0.305 e. The van der Waals surface area contributed by atoms with E-state index in [-0.39, 0.29) is 12.5 Å². The van der Waals surface area contributed by atoms with E-state index in [1.807, 2.05) is 0 Å². The fourth-order valence-electron chi connectivity index (χ4n) is 1.81. The third kappa shape index (κ3) is 11.7. The quantitative estimate of drug-likeness (QED) is 0.528. The fraction of sp³-hybridized carbons (Fsp3) is 0.929. The molecule has 0 heterocycles. The summed E-state index contributed by atoms with van der Waals surface area (Å²) in [6, 6.07) is 0. The molecular weight excluding hydrogens is 216 g/mol. The molecular formula is C14H28O3. The van der Waals surface area contributed by atoms with Crippen LogP contribution >= 0.6 is 0 Å². The molecule has 1 unspecified atom stereocenters. The number of unbranched alkanes of at least 4 members (excludes halogenated alkanes) is 5. The molecule has 3 heteroatoms. The third-order valence-electron chi connectivity index (χ3n) is 2.88. The highest BCUT2D eigenvalue weighted by Crippen LogP contribution is 2.12. The maximum atomic E-state index is 10.7. The van der Waals surface area contributed by atoms with Gasteiger partial charge in [-0.05, 0) is 12.8 Å². The van der Waals surface area contributed by atoms with E-state index in [1.54, 1.807) is 0 Å². The highest BCUT2D eigenvalue weighted by molar-refractivity contribution is 5.67. The van der Waals surface area contributed by atoms with Crippen molar-refractivity contribution in [2.45, 2.75) is 77.7 Å². The largest absolute Gasteiger partial charge is 0.481 e. The van der Waals surface area contributed by atoms with Crippen molar-refractivity contribution in [2.75, 3.05) is 6.61 Å². The predicted molar refractivity (Wildman–Crippen MR) is 70.3 cm³/mol. The van der Waals surface area contributed by atoms with E-state index in [2.05, 4.69) is 13.8 Å². The SMILES string of the molecule is CCCCCCCC(CC(=O)O)OCCCC. The van der Waals surface area contributed by atoms with E-state index in [9.17, 15) is 4.79 Å². The van der Waals surface area contributed by atoms with Gasteiger partial charge >= 0.3 is 5.97 Å². The van der Waals surface area contributed by atoms with Gasteiger partial charge in [0.2, 0.25) is 0 Å². The van der Waals surface area contributed by atoms with Crippen LogP contribution in [0.5, 0.6) is 0 Å². The van der Waals surface area contributed by atoms with Crippen molar-refractivity contribution in [3.63, 3.8) is 0 Å². The van der Waals surface area contributed by atoms with E-state index in [1.165, 1.54) is 25.7 Å². The molecule has 0 saturated carbocycles. The summed E-state index contributed by atoms with van der Waals surface area (Å²) in [5.41, 5.74) is 0. The molecule has 3 nitrogen and oxygen atoms in total. The molecule has 1 N–H and O–H groups in total. The van der Waals surface area contributed by atoms with Gasteiger partial charge < -0.3 is 9.84 Å². The number of hydrogen-bond donors (Lipinski definition) is 1. The number of hydrogen-bond acceptors (Lipinski definition) is 2. The predicted octanol–water partition coefficient (Wildman–Crippen LogP) is 4.01. The molecule has 0 spiro atoms. The monoisotopic (exact) mass is 244 g/mol. The molecule has 0 aliphatic carbocycles. The van der Waals surface area contributed by atoms with Crippen molar-refractivity contribution >= 4 is 5.97 Å². The second-order valence-corrected chi connectivity index (χ2v) is 4.65. The summed E-state index contributed by atoms with van der Waals surface area (Å²) in [5, 5.41) is 8.80. The van der Waals surface area contributed by atoms with Crippen LogP contribution < -0.4 is 0 Å². The van der Waals surface area contributed by atoms with Gasteiger partial charge in [0.1, 0.15) is 0 Å². The summed E-state index contributed by atoms with van der Waals surface area (Å²) in [5.74, 6) is -0.750. The highest BCUT2D eigenvalue weighted by atomic mass is 16.5. The number of aliphatic carboxylic acids is 1. The van der Waals surface area contributed by atoms with Crippen LogP contribution in [0.15, 0.2) is 0 Å². The van der Waals surface area contributed by atoms with E-state index in [0.717, 1.165) is 25.7 Å². The van der Waals surface area contributed by atoms with Gasteiger partial charge in [0.15, 0.2) is 0 Å². The zero-order chi connectivity index (χ0) is 12.9. The second kappa shape index (κ2) is 11.9. The van der Waals surface area contributed by atoms with Crippen molar-refractivity contribution in [3.05, 3.63) is 0 Å². The lowest BCUT2D eigenvalue weighted by molar-refractivity contribution is -0.140. The van der Waals surface area contributed by atoms with E-state index >= 15 is 0 Å². The first-order chi connectivity index (χ1) is 8.20. The molecule has 0 fully saturated rings. The molecule has 0 amide bonds. The summed E-state index contributed by atoms with van der Waals surface area (Å²) >= 11 is 0. The van der Waals surface area contributed by atoms with E-state index in [0.29, 0.717) is 6.61 Å². The third-order valence-corrected chi connectivity index (χ3v) is 2.88. The minimum Gasteiger partial charge on any atom is -0.481 e. The molecule has 0 aromatic heterocycles. The maximum absolute atomic E-state index is 10.7. The number of rotatable bonds is 12. The average molecular weight is 244 g/mol. The molecule has 0 aliphatic rings. The Morgan fingerprint density at radius 1 is 1.06 bits per heavy atom. The summed E-state index contributed by atoms with van der Waals surface area (Å²) in [4.78, 5) is 10.7. The summed E-state index contributed by atoms with van der Waals surface area (Å²) in [6.07, 6.45) is 9.13. The smallest absolute Gasteiger partial charge is 0.305 e. The number of carboxylic acids is 1. The lowest BCUT2D eigenvalue weighted by Crippen LogP contribution is -2.18. The van der Waals surface area contributed by atoms with Gasteiger partial charge in [-0.2, -0.15) is 0 Å². The lowest BCUT2D eigenvalue weighted by atomic mass is 10.1. The molecule has 0 aliphatic heterocycles. The van der Waals surface area contributed by atoms with Gasteiger partial charge in [-0.15, -0.1) is 0 Å². The zero-order valence-electron chi connectivity index (χ0n) is 11.4. The lowest BCUT2D eigenvalue weighted by Gasteiger charge is -2.15. The van der Waals surface area contributed by atoms with Crippen LogP contribution in [0.4, 0.5) is 0 Å². The Morgan fingerprint density at radius 3 is 2.29 bits per heavy atom. The number of carbonyl (C=O) groups is 1. The molecule has 1 atom stereocenters. The Kier molecular flexibility index (Phi) is 11.5. The van der Waals surface area contributed by atoms with Crippen molar-refractivity contribution < 1.29 is 14.6 Å². The van der Waals surface area contributed by atoms with Gasteiger partial charge in [-0.3, -0.25) is 4.79 Å². The van der Waals surface area contributed by atoms with Crippen LogP contribution in [0.25, 0.3) is 0 Å². The standard InChI is InChI=1S/C14H28O3/c1-3-5-7-8-9-10-13(12-14(15)16)17-11-6-4-2/h13H,3-12H2,1-2H3,(H,15,16). The molecule has 17 heavy (non-hydrogen) atoms. The molecule has 0 bridgehead atoms. The summed E-state index contributed by atoms with van der Waals surface area (Å²) in [6.45, 7) is 5.00. The van der Waals surface area contributed by atoms with Crippen LogP contribution in [0, 0.1) is 0 Å². The number of carboxylic acid groups (broad SMARTS) is 1. The van der Waals surface area contributed by atoms with E-state index < -0.39 is 5.97 Å². The first-order valence-corrected chi connectivity index (χ1v) is 7.04. The van der Waals surface area contributed by atoms with Crippen LogP contribution in [0.1, 0.15) is 71.6 Å². The molecule has 0 saturated heterocycles. The Hall–Kier alpha value is -0.570. The van der Waals surface area contributed by atoms with Crippen molar-refractivity contribution in [1.29, 1.82) is 0 Å². The highest BCUT2D eigenvalue weighted by Gasteiger charge is 2.12. The molecule has 0 radical (unpaired) electrons.